The van der Waals surface area contributed by atoms with Crippen LogP contribution < -0.4 is 15.6 Å². The van der Waals surface area contributed by atoms with Gasteiger partial charge in [0.05, 0.1) is 16.3 Å². The van der Waals surface area contributed by atoms with Gasteiger partial charge in [-0.2, -0.15) is 20.1 Å². The molecule has 9 heteroatoms. The molecule has 0 saturated carbocycles. The number of hydrogen-bond acceptors (Lipinski definition) is 7. The van der Waals surface area contributed by atoms with Gasteiger partial charge in [0.1, 0.15) is 0 Å². The third-order valence-corrected chi connectivity index (χ3v) is 6.72. The van der Waals surface area contributed by atoms with Gasteiger partial charge in [0, 0.05) is 24.3 Å². The van der Waals surface area contributed by atoms with Crippen LogP contribution in [0.4, 0.5) is 23.5 Å². The second kappa shape index (κ2) is 10.4. The summed E-state index contributed by atoms with van der Waals surface area (Å²) in [6.45, 7) is 8.26. The molecule has 172 valence electrons. The second-order valence-electron chi connectivity index (χ2n) is 8.34. The van der Waals surface area contributed by atoms with Gasteiger partial charge in [0.15, 0.2) is 0 Å². The Balaban J connectivity index is 1.61. The van der Waals surface area contributed by atoms with E-state index >= 15 is 0 Å². The van der Waals surface area contributed by atoms with Crippen molar-refractivity contribution in [2.24, 2.45) is 11.0 Å². The van der Waals surface area contributed by atoms with E-state index in [-0.39, 0.29) is 0 Å². The fourth-order valence-electron chi connectivity index (χ4n) is 3.61. The van der Waals surface area contributed by atoms with E-state index in [0.29, 0.717) is 39.4 Å². The van der Waals surface area contributed by atoms with Gasteiger partial charge in [0.25, 0.3) is 0 Å². The highest BCUT2D eigenvalue weighted by Crippen LogP contribution is 2.26. The van der Waals surface area contributed by atoms with Crippen molar-refractivity contribution in [3.8, 4) is 0 Å². The minimum atomic E-state index is 0.348. The van der Waals surface area contributed by atoms with Crippen molar-refractivity contribution in [1.29, 1.82) is 0 Å². The minimum Gasteiger partial charge on any atom is -0.341 e. The predicted octanol–water partition coefficient (Wildman–Crippen LogP) is 6.22. The van der Waals surface area contributed by atoms with E-state index in [1.165, 1.54) is 5.56 Å². The van der Waals surface area contributed by atoms with Gasteiger partial charge in [-0.15, -0.1) is 0 Å². The molecule has 1 aliphatic heterocycles. The van der Waals surface area contributed by atoms with Crippen molar-refractivity contribution in [2.45, 2.75) is 33.6 Å². The summed E-state index contributed by atoms with van der Waals surface area (Å²) in [6, 6.07) is 11.5. The first-order chi connectivity index (χ1) is 15.9. The molecule has 2 heterocycles. The smallest absolute Gasteiger partial charge is 0.250 e. The molecule has 2 aromatic carbocycles. The number of nitrogens with one attached hydrogen (secondary N) is 2. The summed E-state index contributed by atoms with van der Waals surface area (Å²) in [6.07, 6.45) is 3.82. The van der Waals surface area contributed by atoms with Gasteiger partial charge in [-0.25, -0.2) is 5.43 Å². The van der Waals surface area contributed by atoms with Crippen LogP contribution in [0.1, 0.15) is 36.5 Å². The molecular formula is C24H27Cl2N7. The van der Waals surface area contributed by atoms with Crippen LogP contribution in [0.15, 0.2) is 41.5 Å². The van der Waals surface area contributed by atoms with Crippen LogP contribution in [0.2, 0.25) is 10.0 Å². The molecule has 0 spiro atoms. The lowest BCUT2D eigenvalue weighted by Gasteiger charge is -2.30. The topological polar surface area (TPSA) is 78.3 Å². The number of aromatic nitrogens is 3. The van der Waals surface area contributed by atoms with Crippen molar-refractivity contribution in [2.75, 3.05) is 28.7 Å². The van der Waals surface area contributed by atoms with E-state index in [1.54, 1.807) is 12.3 Å². The molecule has 2 N–H and O–H groups in total. The number of benzene rings is 2. The fraction of sp³-hybridized carbons (Fsp3) is 0.333. The Hall–Kier alpha value is -2.90. The van der Waals surface area contributed by atoms with Gasteiger partial charge in [-0.1, -0.05) is 54.4 Å². The van der Waals surface area contributed by atoms with E-state index in [4.69, 9.17) is 28.2 Å². The summed E-state index contributed by atoms with van der Waals surface area (Å²) in [7, 11) is 0. The first-order valence-electron chi connectivity index (χ1n) is 11.0. The zero-order valence-electron chi connectivity index (χ0n) is 18.9. The zero-order chi connectivity index (χ0) is 23.4. The molecule has 7 nitrogen and oxygen atoms in total. The maximum atomic E-state index is 6.25. The third kappa shape index (κ3) is 5.72. The molecule has 0 radical (unpaired) electrons. The van der Waals surface area contributed by atoms with Gasteiger partial charge in [-0.05, 0) is 55.9 Å². The Morgan fingerprint density at radius 3 is 2.52 bits per heavy atom. The molecule has 1 aliphatic rings. The number of nitrogens with zero attached hydrogens (tertiary/aromatic N) is 5. The van der Waals surface area contributed by atoms with Crippen molar-refractivity contribution in [3.05, 3.63) is 63.1 Å². The van der Waals surface area contributed by atoms with Crippen LogP contribution in [0, 0.1) is 19.8 Å². The second-order valence-corrected chi connectivity index (χ2v) is 9.12. The molecule has 33 heavy (non-hydrogen) atoms. The average molecular weight is 484 g/mol. The first kappa shape index (κ1) is 23.3. The van der Waals surface area contributed by atoms with Gasteiger partial charge in [0.2, 0.25) is 17.8 Å². The lowest BCUT2D eigenvalue weighted by molar-refractivity contribution is 0.434. The molecule has 0 bridgehead atoms. The van der Waals surface area contributed by atoms with E-state index in [1.807, 2.05) is 24.3 Å². The molecule has 3 aromatic rings. The maximum absolute atomic E-state index is 6.25. The van der Waals surface area contributed by atoms with Gasteiger partial charge in [-0.3, -0.25) is 0 Å². The number of hydrogen-bond donors (Lipinski definition) is 2. The number of halogens is 2. The standard InChI is InChI=1S/C24H27Cl2N7/c1-15-10-12-33(13-11-15)24-30-22(28-20-9-4-6-16(2)17(20)3)29-23(31-24)32-27-14-18-7-5-8-19(25)21(18)26/h4-9,14-15H,10-13H2,1-3H3,(H2,28,29,30,31,32)/b27-14-. The quantitative estimate of drug-likeness (QED) is 0.320. The minimum absolute atomic E-state index is 0.348. The van der Waals surface area contributed by atoms with Crippen molar-refractivity contribution in [1.82, 2.24) is 15.0 Å². The summed E-state index contributed by atoms with van der Waals surface area (Å²) in [5.74, 6) is 2.15. The number of piperidine rings is 1. The van der Waals surface area contributed by atoms with Crippen LogP contribution in [-0.4, -0.2) is 34.3 Å². The summed E-state index contributed by atoms with van der Waals surface area (Å²) in [4.78, 5) is 16.0. The molecule has 1 aromatic heterocycles. The zero-order valence-corrected chi connectivity index (χ0v) is 20.5. The Labute approximate surface area is 204 Å². The number of hydrazone groups is 1. The molecule has 1 fully saturated rings. The molecule has 1 saturated heterocycles. The number of rotatable bonds is 6. The Kier molecular flexibility index (Phi) is 7.30. The summed E-state index contributed by atoms with van der Waals surface area (Å²) >= 11 is 12.3. The Morgan fingerprint density at radius 2 is 1.73 bits per heavy atom. The maximum Gasteiger partial charge on any atom is 0.250 e. The SMILES string of the molecule is Cc1cccc(Nc2nc(N/N=C\c3cccc(Cl)c3Cl)nc(N3CCC(C)CC3)n2)c1C. The average Bonchev–Trinajstić information content (AvgIpc) is 2.80. The monoisotopic (exact) mass is 483 g/mol. The molecule has 0 aliphatic carbocycles. The highest BCUT2D eigenvalue weighted by molar-refractivity contribution is 6.43. The Morgan fingerprint density at radius 1 is 1.00 bits per heavy atom. The number of anilines is 4. The van der Waals surface area contributed by atoms with Crippen LogP contribution in [0.25, 0.3) is 0 Å². The molecule has 4 rings (SSSR count). The first-order valence-corrected chi connectivity index (χ1v) is 11.7. The molecule has 0 amide bonds. The van der Waals surface area contributed by atoms with Crippen molar-refractivity contribution < 1.29 is 0 Å². The summed E-state index contributed by atoms with van der Waals surface area (Å²) < 4.78 is 0. The van der Waals surface area contributed by atoms with Gasteiger partial charge >= 0.3 is 0 Å². The van der Waals surface area contributed by atoms with Gasteiger partial charge < -0.3 is 10.2 Å². The highest BCUT2D eigenvalue weighted by Gasteiger charge is 2.20. The normalized spacial score (nSPS) is 14.6. The van der Waals surface area contributed by atoms with E-state index in [0.717, 1.165) is 37.2 Å². The predicted molar refractivity (Wildman–Crippen MR) is 137 cm³/mol. The lowest BCUT2D eigenvalue weighted by Crippen LogP contribution is -2.34. The van der Waals surface area contributed by atoms with Crippen LogP contribution >= 0.6 is 23.2 Å². The molecular weight excluding hydrogens is 457 g/mol. The van der Waals surface area contributed by atoms with Crippen LogP contribution in [0.3, 0.4) is 0 Å². The largest absolute Gasteiger partial charge is 0.341 e. The van der Waals surface area contributed by atoms with Crippen molar-refractivity contribution >= 4 is 52.9 Å². The third-order valence-electron chi connectivity index (χ3n) is 5.89. The van der Waals surface area contributed by atoms with E-state index < -0.39 is 0 Å². The van der Waals surface area contributed by atoms with Crippen LogP contribution in [-0.2, 0) is 0 Å². The Bertz CT molecular complexity index is 1160. The molecule has 0 unspecified atom stereocenters. The lowest BCUT2D eigenvalue weighted by atomic mass is 10.00. The van der Waals surface area contributed by atoms with E-state index in [2.05, 4.69) is 57.5 Å². The fourth-order valence-corrected chi connectivity index (χ4v) is 3.96. The summed E-state index contributed by atoms with van der Waals surface area (Å²) in [5, 5.41) is 8.54. The molecule has 0 atom stereocenters. The van der Waals surface area contributed by atoms with Crippen molar-refractivity contribution in [3.63, 3.8) is 0 Å². The summed E-state index contributed by atoms with van der Waals surface area (Å²) in [5.41, 5.74) is 6.92. The van der Waals surface area contributed by atoms with E-state index in [9.17, 15) is 0 Å². The highest BCUT2D eigenvalue weighted by atomic mass is 35.5. The number of aryl methyl sites for hydroxylation is 1. The van der Waals surface area contributed by atoms with Crippen LogP contribution in [0.5, 0.6) is 0 Å².